The molecule has 1 amide bonds. The number of carbonyl (C=O) groups is 2. The highest BCUT2D eigenvalue weighted by Gasteiger charge is 2.21. The highest BCUT2D eigenvalue weighted by molar-refractivity contribution is 6.48. The highest BCUT2D eigenvalue weighted by atomic mass is 35.5. The van der Waals surface area contributed by atoms with Crippen LogP contribution in [0.25, 0.3) is 21.8 Å². The van der Waals surface area contributed by atoms with Gasteiger partial charge in [-0.25, -0.2) is 0 Å². The zero-order valence-corrected chi connectivity index (χ0v) is 13.7. The minimum Gasteiger partial charge on any atom is -0.360 e. The Balaban J connectivity index is 1.68. The molecule has 4 rings (SSSR count). The summed E-state index contributed by atoms with van der Waals surface area (Å²) < 4.78 is 0. The van der Waals surface area contributed by atoms with Crippen LogP contribution in [0.1, 0.15) is 10.4 Å². The fraction of sp³-hybridized carbons (Fsp3) is 0. The molecular formula is C19H12ClN3O2. The van der Waals surface area contributed by atoms with Crippen molar-refractivity contribution < 1.29 is 9.59 Å². The van der Waals surface area contributed by atoms with Crippen LogP contribution in [0.3, 0.4) is 0 Å². The normalized spacial score (nSPS) is 10.9. The number of rotatable bonds is 3. The van der Waals surface area contributed by atoms with Crippen molar-refractivity contribution in [3.05, 3.63) is 71.5 Å². The van der Waals surface area contributed by atoms with Gasteiger partial charge in [0.25, 0.3) is 11.7 Å². The number of amides is 1. The van der Waals surface area contributed by atoms with E-state index in [0.717, 1.165) is 10.9 Å². The van der Waals surface area contributed by atoms with E-state index in [4.69, 9.17) is 11.6 Å². The number of ketones is 1. The Labute approximate surface area is 147 Å². The molecule has 0 atom stereocenters. The molecule has 0 aliphatic heterocycles. The van der Waals surface area contributed by atoms with Gasteiger partial charge in [0.15, 0.2) is 0 Å². The number of nitrogens with zero attached hydrogens (tertiary/aromatic N) is 1. The van der Waals surface area contributed by atoms with Crippen LogP contribution < -0.4 is 5.32 Å². The number of hydrogen-bond acceptors (Lipinski definition) is 3. The standard InChI is InChI=1S/C19H12ClN3O2/c20-12-6-7-15-13(9-12)14(10-22-15)18(24)19(25)23-16-5-1-3-11-4-2-8-21-17(11)16/h1-10,22H,(H,23,25). The van der Waals surface area contributed by atoms with Gasteiger partial charge in [-0.15, -0.1) is 0 Å². The molecule has 4 aromatic rings. The number of halogens is 1. The summed E-state index contributed by atoms with van der Waals surface area (Å²) in [5, 5.41) is 4.65. The number of H-pyrrole nitrogens is 1. The number of Topliss-reactive ketones (excluding diaryl/α,β-unsaturated/α-hetero) is 1. The van der Waals surface area contributed by atoms with E-state index in [1.165, 1.54) is 6.20 Å². The van der Waals surface area contributed by atoms with Gasteiger partial charge in [0.2, 0.25) is 0 Å². The number of aromatic nitrogens is 2. The van der Waals surface area contributed by atoms with Crippen LogP contribution in [0, 0.1) is 0 Å². The summed E-state index contributed by atoms with van der Waals surface area (Å²) in [7, 11) is 0. The smallest absolute Gasteiger partial charge is 0.296 e. The van der Waals surface area contributed by atoms with Crippen LogP contribution in [-0.4, -0.2) is 21.7 Å². The molecule has 2 N–H and O–H groups in total. The zero-order chi connectivity index (χ0) is 17.4. The molecule has 6 heteroatoms. The van der Waals surface area contributed by atoms with Crippen molar-refractivity contribution in [2.24, 2.45) is 0 Å². The molecule has 0 radical (unpaired) electrons. The Morgan fingerprint density at radius 2 is 1.92 bits per heavy atom. The number of anilines is 1. The molecule has 0 bridgehead atoms. The topological polar surface area (TPSA) is 74.8 Å². The lowest BCUT2D eigenvalue weighted by atomic mass is 10.1. The summed E-state index contributed by atoms with van der Waals surface area (Å²) in [5.41, 5.74) is 2.15. The quantitative estimate of drug-likeness (QED) is 0.430. The largest absolute Gasteiger partial charge is 0.360 e. The van der Waals surface area contributed by atoms with Crippen LogP contribution in [0.5, 0.6) is 0 Å². The van der Waals surface area contributed by atoms with Crippen molar-refractivity contribution in [3.8, 4) is 0 Å². The number of aromatic amines is 1. The Kier molecular flexibility index (Phi) is 3.71. The number of para-hydroxylation sites is 1. The molecule has 0 aliphatic rings. The van der Waals surface area contributed by atoms with E-state index in [9.17, 15) is 9.59 Å². The van der Waals surface area contributed by atoms with Gasteiger partial charge in [-0.05, 0) is 30.3 Å². The third-order valence-electron chi connectivity index (χ3n) is 3.98. The van der Waals surface area contributed by atoms with Gasteiger partial charge >= 0.3 is 0 Å². The third kappa shape index (κ3) is 2.75. The van der Waals surface area contributed by atoms with Crippen LogP contribution in [0.4, 0.5) is 5.69 Å². The molecule has 0 saturated carbocycles. The summed E-state index contributed by atoms with van der Waals surface area (Å²) >= 11 is 5.99. The van der Waals surface area contributed by atoms with Crippen LogP contribution in [-0.2, 0) is 4.79 Å². The molecule has 2 aromatic carbocycles. The van der Waals surface area contributed by atoms with E-state index >= 15 is 0 Å². The van der Waals surface area contributed by atoms with E-state index in [1.54, 1.807) is 36.5 Å². The van der Waals surface area contributed by atoms with Crippen molar-refractivity contribution in [2.75, 3.05) is 5.32 Å². The lowest BCUT2D eigenvalue weighted by Gasteiger charge is -2.07. The van der Waals surface area contributed by atoms with E-state index < -0.39 is 11.7 Å². The summed E-state index contributed by atoms with van der Waals surface area (Å²) in [6.07, 6.45) is 3.16. The molecular weight excluding hydrogens is 338 g/mol. The molecule has 2 aromatic heterocycles. The van der Waals surface area contributed by atoms with Gasteiger partial charge in [0.1, 0.15) is 0 Å². The summed E-state index contributed by atoms with van der Waals surface area (Å²) in [6, 6.07) is 14.3. The van der Waals surface area contributed by atoms with E-state index in [0.29, 0.717) is 21.6 Å². The number of carbonyl (C=O) groups excluding carboxylic acids is 2. The first-order valence-electron chi connectivity index (χ1n) is 7.59. The Hall–Kier alpha value is -3.18. The van der Waals surface area contributed by atoms with Crippen LogP contribution in [0.2, 0.25) is 5.02 Å². The number of fused-ring (bicyclic) bond motifs is 2. The molecule has 0 spiro atoms. The van der Waals surface area contributed by atoms with Crippen molar-refractivity contribution in [3.63, 3.8) is 0 Å². The van der Waals surface area contributed by atoms with Gasteiger partial charge in [-0.2, -0.15) is 0 Å². The maximum atomic E-state index is 12.6. The predicted molar refractivity (Wildman–Crippen MR) is 98.0 cm³/mol. The van der Waals surface area contributed by atoms with E-state index in [2.05, 4.69) is 15.3 Å². The minimum atomic E-state index is -0.723. The second-order valence-electron chi connectivity index (χ2n) is 5.56. The number of nitrogens with one attached hydrogen (secondary N) is 2. The predicted octanol–water partition coefficient (Wildman–Crippen LogP) is 4.19. The second kappa shape index (κ2) is 6.03. The summed E-state index contributed by atoms with van der Waals surface area (Å²) in [4.78, 5) is 32.3. The average Bonchev–Trinajstić information content (AvgIpc) is 3.04. The van der Waals surface area contributed by atoms with Gasteiger partial charge in [-0.3, -0.25) is 14.6 Å². The van der Waals surface area contributed by atoms with E-state index in [1.807, 2.05) is 18.2 Å². The first-order chi connectivity index (χ1) is 12.1. The molecule has 25 heavy (non-hydrogen) atoms. The molecule has 5 nitrogen and oxygen atoms in total. The van der Waals surface area contributed by atoms with Gasteiger partial charge in [0.05, 0.1) is 16.8 Å². The SMILES string of the molecule is O=C(Nc1cccc2cccnc12)C(=O)c1c[nH]c2ccc(Cl)cc12. The first-order valence-corrected chi connectivity index (χ1v) is 7.97. The van der Waals surface area contributed by atoms with Crippen LogP contribution >= 0.6 is 11.6 Å². The molecule has 122 valence electrons. The highest BCUT2D eigenvalue weighted by Crippen LogP contribution is 2.24. The lowest BCUT2D eigenvalue weighted by molar-refractivity contribution is -0.112. The number of benzene rings is 2. The van der Waals surface area contributed by atoms with Gasteiger partial charge in [-0.1, -0.05) is 29.8 Å². The average molecular weight is 350 g/mol. The molecule has 0 fully saturated rings. The van der Waals surface area contributed by atoms with Crippen molar-refractivity contribution in [1.29, 1.82) is 0 Å². The Morgan fingerprint density at radius 3 is 2.80 bits per heavy atom. The first kappa shape index (κ1) is 15.4. The molecule has 0 unspecified atom stereocenters. The molecule has 0 saturated heterocycles. The fourth-order valence-electron chi connectivity index (χ4n) is 2.79. The molecule has 2 heterocycles. The zero-order valence-electron chi connectivity index (χ0n) is 12.9. The van der Waals surface area contributed by atoms with Crippen LogP contribution in [0.15, 0.2) is 60.9 Å². The fourth-order valence-corrected chi connectivity index (χ4v) is 2.96. The summed E-state index contributed by atoms with van der Waals surface area (Å²) in [6.45, 7) is 0. The third-order valence-corrected chi connectivity index (χ3v) is 4.21. The van der Waals surface area contributed by atoms with E-state index in [-0.39, 0.29) is 5.56 Å². The van der Waals surface area contributed by atoms with Gasteiger partial charge in [0, 0.05) is 33.7 Å². The lowest BCUT2D eigenvalue weighted by Crippen LogP contribution is -2.22. The van der Waals surface area contributed by atoms with Crippen molar-refractivity contribution >= 4 is 50.8 Å². The number of pyridine rings is 1. The van der Waals surface area contributed by atoms with Crippen molar-refractivity contribution in [2.45, 2.75) is 0 Å². The second-order valence-corrected chi connectivity index (χ2v) is 5.99. The number of hydrogen-bond donors (Lipinski definition) is 2. The van der Waals surface area contributed by atoms with Crippen molar-refractivity contribution in [1.82, 2.24) is 9.97 Å². The van der Waals surface area contributed by atoms with Gasteiger partial charge < -0.3 is 10.3 Å². The maximum absolute atomic E-state index is 12.6. The maximum Gasteiger partial charge on any atom is 0.296 e. The Morgan fingerprint density at radius 1 is 1.08 bits per heavy atom. The molecule has 0 aliphatic carbocycles. The minimum absolute atomic E-state index is 0.281. The monoisotopic (exact) mass is 349 g/mol. The Bertz CT molecular complexity index is 1130. The summed E-state index contributed by atoms with van der Waals surface area (Å²) in [5.74, 6) is -1.36.